The first-order valence-corrected chi connectivity index (χ1v) is 28.2. The first kappa shape index (κ1) is 71.6. The Hall–Kier alpha value is -7.50. The number of amides is 11. The van der Waals surface area contributed by atoms with Crippen molar-refractivity contribution in [3.63, 3.8) is 0 Å². The topological polar surface area (TPSA) is 480 Å². The van der Waals surface area contributed by atoms with Crippen LogP contribution >= 0.6 is 0 Å². The Labute approximate surface area is 482 Å². The Morgan fingerprint density at radius 3 is 1.28 bits per heavy atom. The molecular formula is C53H89N13O17. The van der Waals surface area contributed by atoms with Crippen LogP contribution < -0.4 is 59.7 Å². The molecule has 0 aromatic heterocycles. The summed E-state index contributed by atoms with van der Waals surface area (Å²) in [6, 6.07) is -14.5. The van der Waals surface area contributed by atoms with E-state index in [4.69, 9.17) is 22.3 Å². The summed E-state index contributed by atoms with van der Waals surface area (Å²) in [4.78, 5) is 187. The maximum Gasteiger partial charge on any atom is 0.326 e. The summed E-state index contributed by atoms with van der Waals surface area (Å²) >= 11 is 0. The minimum atomic E-state index is -1.91. The summed E-state index contributed by atoms with van der Waals surface area (Å²) in [6.07, 6.45) is -0.837. The highest BCUT2D eigenvalue weighted by atomic mass is 16.4. The third-order valence-corrected chi connectivity index (χ3v) is 14.2. The second kappa shape index (κ2) is 34.2. The lowest BCUT2D eigenvalue weighted by Gasteiger charge is -2.34. The maximum atomic E-state index is 14.4. The Balaban J connectivity index is 2.30. The molecule has 0 aromatic rings. The lowest BCUT2D eigenvalue weighted by Crippen LogP contribution is -2.62. The minimum Gasteiger partial charge on any atom is -0.481 e. The SMILES string of the molecule is CC(C)[C@H](NC(=O)[C@@H](NC(=O)[C@@H](NC(=O)[C@@H]1CCCN1C(=O)[C@@H](NC(=O)[C@@H]1CCCN1C(=O)[C@H](CCC(=O)O)NC(=O)[C@H](C)N)C(C)C)C(C)C)C(C)C)C(=O)N[C@@H](CCCCN)C(=O)N[C@@H](CCC(N)=O)C(=O)N[C@@H](CC(=O)O)C(=O)O. The number of nitrogens with zero attached hydrogens (tertiary/aromatic N) is 2. The number of rotatable bonds is 35. The molecule has 2 saturated heterocycles. The highest BCUT2D eigenvalue weighted by Gasteiger charge is 2.44. The molecule has 30 nitrogen and oxygen atoms in total. The predicted octanol–water partition coefficient (Wildman–Crippen LogP) is -3.36. The summed E-state index contributed by atoms with van der Waals surface area (Å²) in [6.45, 7) is 14.9. The fourth-order valence-electron chi connectivity index (χ4n) is 9.41. The number of likely N-dealkylation sites (tertiary alicyclic amines) is 2. The third-order valence-electron chi connectivity index (χ3n) is 14.2. The van der Waals surface area contributed by atoms with Gasteiger partial charge >= 0.3 is 17.9 Å². The van der Waals surface area contributed by atoms with Gasteiger partial charge in [-0.25, -0.2) is 4.79 Å². The molecule has 0 unspecified atom stereocenters. The molecule has 17 N–H and O–H groups in total. The van der Waals surface area contributed by atoms with Crippen LogP contribution in [-0.4, -0.2) is 194 Å². The molecule has 83 heavy (non-hydrogen) atoms. The number of carboxylic acids is 3. The first-order valence-electron chi connectivity index (χ1n) is 28.2. The normalized spacial score (nSPS) is 18.3. The van der Waals surface area contributed by atoms with E-state index < -0.39 is 199 Å². The Kier molecular flexibility index (Phi) is 29.5. The van der Waals surface area contributed by atoms with E-state index in [0.717, 1.165) is 0 Å². The Bertz CT molecular complexity index is 2350. The largest absolute Gasteiger partial charge is 0.481 e. The van der Waals surface area contributed by atoms with Crippen LogP contribution in [0.25, 0.3) is 0 Å². The van der Waals surface area contributed by atoms with Gasteiger partial charge in [0.25, 0.3) is 0 Å². The van der Waals surface area contributed by atoms with E-state index >= 15 is 0 Å². The van der Waals surface area contributed by atoms with Crippen molar-refractivity contribution < 1.29 is 82.4 Å². The number of aliphatic carboxylic acids is 3. The van der Waals surface area contributed by atoms with Gasteiger partial charge in [0, 0.05) is 25.9 Å². The van der Waals surface area contributed by atoms with Gasteiger partial charge in [0.05, 0.1) is 12.5 Å². The highest BCUT2D eigenvalue weighted by molar-refractivity contribution is 5.99. The molecule has 0 aliphatic carbocycles. The smallest absolute Gasteiger partial charge is 0.326 e. The zero-order valence-corrected chi connectivity index (χ0v) is 49.0. The number of nitrogens with one attached hydrogen (secondary N) is 8. The van der Waals surface area contributed by atoms with Crippen molar-refractivity contribution in [3.8, 4) is 0 Å². The number of nitrogens with two attached hydrogens (primary N) is 3. The van der Waals surface area contributed by atoms with E-state index in [0.29, 0.717) is 19.3 Å². The number of carboxylic acid groups (broad SMARTS) is 3. The van der Waals surface area contributed by atoms with Crippen molar-refractivity contribution >= 4 is 82.9 Å². The van der Waals surface area contributed by atoms with Crippen molar-refractivity contribution in [1.82, 2.24) is 52.3 Å². The quantitative estimate of drug-likeness (QED) is 0.0276. The second-order valence-electron chi connectivity index (χ2n) is 22.5. The Morgan fingerprint density at radius 1 is 0.458 bits per heavy atom. The van der Waals surface area contributed by atoms with Gasteiger partial charge in [0.15, 0.2) is 0 Å². The number of hydrogen-bond acceptors (Lipinski definition) is 16. The number of primary amides is 1. The van der Waals surface area contributed by atoms with Crippen molar-refractivity contribution in [2.75, 3.05) is 19.6 Å². The molecule has 2 aliphatic rings. The fourth-order valence-corrected chi connectivity index (χ4v) is 9.41. The van der Waals surface area contributed by atoms with Crippen molar-refractivity contribution in [2.45, 2.75) is 206 Å². The van der Waals surface area contributed by atoms with Gasteiger partial charge in [-0.15, -0.1) is 0 Å². The van der Waals surface area contributed by atoms with Gasteiger partial charge in [-0.3, -0.25) is 62.3 Å². The van der Waals surface area contributed by atoms with E-state index in [1.807, 2.05) is 5.32 Å². The van der Waals surface area contributed by atoms with Gasteiger partial charge in [-0.1, -0.05) is 55.4 Å². The van der Waals surface area contributed by atoms with E-state index in [-0.39, 0.29) is 51.7 Å². The summed E-state index contributed by atoms with van der Waals surface area (Å²) in [5.41, 5.74) is 16.6. The monoisotopic (exact) mass is 1180 g/mol. The molecule has 0 aromatic carbocycles. The van der Waals surface area contributed by atoms with Crippen LogP contribution in [0.5, 0.6) is 0 Å². The highest BCUT2D eigenvalue weighted by Crippen LogP contribution is 2.24. The molecule has 30 heteroatoms. The molecule has 2 aliphatic heterocycles. The van der Waals surface area contributed by atoms with Crippen molar-refractivity contribution in [1.29, 1.82) is 0 Å². The molecule has 0 saturated carbocycles. The molecule has 11 amide bonds. The van der Waals surface area contributed by atoms with Crippen LogP contribution in [-0.2, 0) is 67.1 Å². The van der Waals surface area contributed by atoms with Gasteiger partial charge in [0.2, 0.25) is 65.0 Å². The Morgan fingerprint density at radius 2 is 0.855 bits per heavy atom. The summed E-state index contributed by atoms with van der Waals surface area (Å²) < 4.78 is 0. The minimum absolute atomic E-state index is 0.0499. The lowest BCUT2D eigenvalue weighted by molar-refractivity contribution is -0.147. The molecular weight excluding hydrogens is 1090 g/mol. The molecule has 0 bridgehead atoms. The van der Waals surface area contributed by atoms with E-state index in [1.54, 1.807) is 55.4 Å². The van der Waals surface area contributed by atoms with Crippen LogP contribution in [0.2, 0.25) is 0 Å². The summed E-state index contributed by atoms with van der Waals surface area (Å²) in [7, 11) is 0. The fraction of sp³-hybridized carbons (Fsp3) is 0.736. The van der Waals surface area contributed by atoms with E-state index in [2.05, 4.69) is 37.2 Å². The van der Waals surface area contributed by atoms with Crippen LogP contribution in [0.1, 0.15) is 139 Å². The molecule has 468 valence electrons. The average Bonchev–Trinajstić information content (AvgIpc) is 4.33. The zero-order valence-electron chi connectivity index (χ0n) is 49.0. The lowest BCUT2D eigenvalue weighted by atomic mass is 9.97. The molecule has 2 fully saturated rings. The molecule has 0 spiro atoms. The average molecular weight is 1180 g/mol. The van der Waals surface area contributed by atoms with Crippen LogP contribution in [0.15, 0.2) is 0 Å². The van der Waals surface area contributed by atoms with Gasteiger partial charge in [0.1, 0.15) is 60.4 Å². The maximum absolute atomic E-state index is 14.4. The standard InChI is InChI=1S/C53H89N13O17/c1-25(2)39(48(77)58-30(14-10-11-21-54)44(73)57-31(17-19-36(56)67)45(74)60-33(53(82)83)24-38(70)71)62-50(79)41(27(5)6)63-49(78)40(26(3)4)61-46(75)35-16-13-23-66(35)52(81)42(28(7)8)64-47(76)34-15-12-22-65(34)51(80)32(18-20-37(68)69)59-43(72)29(9)55/h25-35,39-42H,10-24,54-55H2,1-9H3,(H2,56,67)(H,57,73)(H,58,77)(H,59,72)(H,60,74)(H,61,75)(H,62,79)(H,63,78)(H,64,76)(H,68,69)(H,70,71)(H,82,83)/t29-,30-,31-,32-,33-,34-,35-,39-,40-,41-,42-/m0/s1. The number of carbonyl (C=O) groups excluding carboxylic acids is 11. The molecule has 2 heterocycles. The van der Waals surface area contributed by atoms with Gasteiger partial charge in [-0.05, 0) is 94.9 Å². The number of hydrogen-bond donors (Lipinski definition) is 14. The van der Waals surface area contributed by atoms with Crippen LogP contribution in [0, 0.1) is 23.7 Å². The van der Waals surface area contributed by atoms with Gasteiger partial charge in [-0.2, -0.15) is 0 Å². The van der Waals surface area contributed by atoms with E-state index in [9.17, 15) is 77.3 Å². The van der Waals surface area contributed by atoms with Crippen LogP contribution in [0.4, 0.5) is 0 Å². The molecule has 11 atom stereocenters. The first-order chi connectivity index (χ1) is 38.7. The zero-order chi connectivity index (χ0) is 63.2. The van der Waals surface area contributed by atoms with E-state index in [1.165, 1.54) is 16.7 Å². The van der Waals surface area contributed by atoms with Crippen molar-refractivity contribution in [3.05, 3.63) is 0 Å². The molecule has 2 rings (SSSR count). The van der Waals surface area contributed by atoms with Crippen LogP contribution in [0.3, 0.4) is 0 Å². The predicted molar refractivity (Wildman–Crippen MR) is 296 cm³/mol. The molecule has 0 radical (unpaired) electrons. The summed E-state index contributed by atoms with van der Waals surface area (Å²) in [5.74, 6) is -15.6. The second-order valence-corrected chi connectivity index (χ2v) is 22.5. The number of carbonyl (C=O) groups is 14. The van der Waals surface area contributed by atoms with Gasteiger partial charge < -0.3 is 84.9 Å². The summed E-state index contributed by atoms with van der Waals surface area (Å²) in [5, 5.41) is 48.3. The third kappa shape index (κ3) is 22.6. The number of unbranched alkanes of at least 4 members (excludes halogenated alkanes) is 1. The van der Waals surface area contributed by atoms with Crippen molar-refractivity contribution in [2.24, 2.45) is 40.9 Å².